The van der Waals surface area contributed by atoms with E-state index in [9.17, 15) is 4.79 Å². The molecule has 1 aliphatic heterocycles. The number of aromatic nitrogens is 3. The normalized spacial score (nSPS) is 16.6. The first-order chi connectivity index (χ1) is 13.9. The Kier molecular flexibility index (Phi) is 5.72. The molecule has 0 spiro atoms. The van der Waals surface area contributed by atoms with Gasteiger partial charge in [-0.2, -0.15) is 5.10 Å². The maximum absolute atomic E-state index is 11.8. The van der Waals surface area contributed by atoms with Crippen LogP contribution >= 0.6 is 0 Å². The van der Waals surface area contributed by atoms with Crippen molar-refractivity contribution in [3.63, 3.8) is 0 Å². The van der Waals surface area contributed by atoms with Gasteiger partial charge in [-0.3, -0.25) is 10.4 Å². The van der Waals surface area contributed by atoms with E-state index in [2.05, 4.69) is 42.4 Å². The number of nitrogens with zero attached hydrogens (tertiary/aromatic N) is 5. The van der Waals surface area contributed by atoms with E-state index in [4.69, 9.17) is 5.73 Å². The van der Waals surface area contributed by atoms with Gasteiger partial charge in [0.2, 0.25) is 5.82 Å². The molecular formula is C19H23N9O. The van der Waals surface area contributed by atoms with Crippen LogP contribution in [0.3, 0.4) is 0 Å². The van der Waals surface area contributed by atoms with E-state index in [0.717, 1.165) is 11.1 Å². The van der Waals surface area contributed by atoms with Crippen LogP contribution < -0.4 is 16.4 Å². The van der Waals surface area contributed by atoms with Gasteiger partial charge in [-0.05, 0) is 19.4 Å². The third-order valence-corrected chi connectivity index (χ3v) is 4.21. The second kappa shape index (κ2) is 8.38. The molecule has 1 aromatic carbocycles. The highest BCUT2D eigenvalue weighted by atomic mass is 16.2. The van der Waals surface area contributed by atoms with Crippen LogP contribution in [0.25, 0.3) is 5.70 Å². The van der Waals surface area contributed by atoms with Crippen LogP contribution in [0.1, 0.15) is 23.9 Å². The number of hydrogen-bond donors (Lipinski definition) is 4. The number of carbonyl (C=O) groups is 1. The minimum atomic E-state index is -0.394. The van der Waals surface area contributed by atoms with Crippen molar-refractivity contribution in [1.82, 2.24) is 30.7 Å². The zero-order valence-electron chi connectivity index (χ0n) is 16.5. The number of aromatic amines is 1. The van der Waals surface area contributed by atoms with E-state index in [1.807, 2.05) is 38.1 Å². The maximum atomic E-state index is 11.8. The molecule has 2 aromatic rings. The molecule has 0 unspecified atom stereocenters. The molecule has 0 saturated carbocycles. The van der Waals surface area contributed by atoms with Gasteiger partial charge in [-0.25, -0.2) is 19.8 Å². The van der Waals surface area contributed by atoms with E-state index >= 15 is 0 Å². The molecule has 0 aliphatic carbocycles. The lowest BCUT2D eigenvalue weighted by Gasteiger charge is -2.15. The van der Waals surface area contributed by atoms with Crippen LogP contribution in [0.4, 0.5) is 4.79 Å². The molecule has 3 rings (SSSR count). The van der Waals surface area contributed by atoms with Gasteiger partial charge < -0.3 is 16.0 Å². The molecule has 2 heterocycles. The predicted octanol–water partition coefficient (Wildman–Crippen LogP) is 1.32. The highest BCUT2D eigenvalue weighted by molar-refractivity contribution is 6.21. The van der Waals surface area contributed by atoms with Gasteiger partial charge in [0.25, 0.3) is 0 Å². The van der Waals surface area contributed by atoms with Gasteiger partial charge >= 0.3 is 6.03 Å². The molecule has 29 heavy (non-hydrogen) atoms. The largest absolute Gasteiger partial charge is 0.396 e. The van der Waals surface area contributed by atoms with Crippen molar-refractivity contribution in [2.24, 2.45) is 15.7 Å². The average molecular weight is 393 g/mol. The topological polar surface area (TPSA) is 137 Å². The number of carbonyl (C=O) groups excluding carboxylic acids is 1. The molecule has 5 N–H and O–H groups in total. The molecule has 0 saturated heterocycles. The molecule has 1 aromatic heterocycles. The maximum Gasteiger partial charge on any atom is 0.320 e. The summed E-state index contributed by atoms with van der Waals surface area (Å²) in [7, 11) is 1.77. The number of H-pyrrole nitrogens is 1. The molecule has 0 bridgehead atoms. The Morgan fingerprint density at radius 1 is 1.38 bits per heavy atom. The number of benzene rings is 1. The number of urea groups is 1. The summed E-state index contributed by atoms with van der Waals surface area (Å²) < 4.78 is 0. The molecule has 10 nitrogen and oxygen atoms in total. The van der Waals surface area contributed by atoms with Crippen molar-refractivity contribution in [1.29, 1.82) is 0 Å². The van der Waals surface area contributed by atoms with E-state index in [-0.39, 0.29) is 5.82 Å². The van der Waals surface area contributed by atoms with E-state index in [1.54, 1.807) is 11.9 Å². The van der Waals surface area contributed by atoms with Gasteiger partial charge in [0, 0.05) is 19.2 Å². The zero-order valence-corrected chi connectivity index (χ0v) is 16.5. The molecule has 0 fully saturated rings. The summed E-state index contributed by atoms with van der Waals surface area (Å²) in [5.41, 5.74) is 9.21. The lowest BCUT2D eigenvalue weighted by Crippen LogP contribution is -2.35. The smallest absolute Gasteiger partial charge is 0.320 e. The number of amides is 2. The van der Waals surface area contributed by atoms with Crippen LogP contribution in [0, 0.1) is 6.92 Å². The molecule has 2 amide bonds. The number of hydrogen-bond acceptors (Lipinski definition) is 6. The van der Waals surface area contributed by atoms with Gasteiger partial charge in [0.05, 0.1) is 5.70 Å². The first-order valence-corrected chi connectivity index (χ1v) is 8.99. The molecule has 1 aliphatic rings. The molecule has 0 radical (unpaired) electrons. The Labute approximate surface area is 168 Å². The molecule has 0 atom stereocenters. The van der Waals surface area contributed by atoms with Crippen molar-refractivity contribution in [3.05, 3.63) is 65.6 Å². The Hall–Kier alpha value is -3.95. The lowest BCUT2D eigenvalue weighted by molar-refractivity contribution is 0.244. The first-order valence-electron chi connectivity index (χ1n) is 8.99. The van der Waals surface area contributed by atoms with Crippen molar-refractivity contribution in [3.8, 4) is 0 Å². The average Bonchev–Trinajstić information content (AvgIpc) is 3.31. The van der Waals surface area contributed by atoms with Gasteiger partial charge in [-0.15, -0.1) is 0 Å². The lowest BCUT2D eigenvalue weighted by atomic mass is 10.0. The summed E-state index contributed by atoms with van der Waals surface area (Å²) >= 11 is 0. The zero-order chi connectivity index (χ0) is 21.0. The number of aliphatic imine (C=N–C) groups is 2. The van der Waals surface area contributed by atoms with Crippen LogP contribution in [0.2, 0.25) is 0 Å². The van der Waals surface area contributed by atoms with Gasteiger partial charge in [-0.1, -0.05) is 30.8 Å². The standard InChI is InChI=1S/C19H23N9O/c1-5-21-19(29)25-12(3)24-17-15(14(20)13-9-7-6-8-11(13)2)26-18(28(17)4)16-22-10-23-27-16/h6-10H,3,5,20H2,1-2,4H3,(H2,21,25,29)(H,22,23,27)/b15-14+,24-17+. The number of amidine groups is 2. The second-order valence-electron chi connectivity index (χ2n) is 6.26. The summed E-state index contributed by atoms with van der Waals surface area (Å²) in [5.74, 6) is 1.45. The van der Waals surface area contributed by atoms with Crippen molar-refractivity contribution >= 4 is 23.4 Å². The molecule has 150 valence electrons. The number of rotatable bonds is 5. The highest BCUT2D eigenvalue weighted by Crippen LogP contribution is 2.26. The Morgan fingerprint density at radius 2 is 2.14 bits per heavy atom. The van der Waals surface area contributed by atoms with Crippen molar-refractivity contribution < 1.29 is 4.79 Å². The fourth-order valence-electron chi connectivity index (χ4n) is 2.81. The highest BCUT2D eigenvalue weighted by Gasteiger charge is 2.31. The summed E-state index contributed by atoms with van der Waals surface area (Å²) in [5, 5.41) is 12.0. The summed E-state index contributed by atoms with van der Waals surface area (Å²) in [6.07, 6.45) is 1.46. The number of likely N-dealkylation sites (N-methyl/N-ethyl adjacent to an activating group) is 1. The predicted molar refractivity (Wildman–Crippen MR) is 112 cm³/mol. The van der Waals surface area contributed by atoms with E-state index in [1.165, 1.54) is 6.33 Å². The fourth-order valence-corrected chi connectivity index (χ4v) is 2.81. The number of nitrogens with one attached hydrogen (secondary N) is 3. The van der Waals surface area contributed by atoms with E-state index in [0.29, 0.717) is 35.4 Å². The number of nitrogens with two attached hydrogens (primary N) is 1. The number of aryl methyl sites for hydroxylation is 1. The van der Waals surface area contributed by atoms with E-state index < -0.39 is 6.03 Å². The molecular weight excluding hydrogens is 370 g/mol. The minimum Gasteiger partial charge on any atom is -0.396 e. The Bertz CT molecular complexity index is 1020. The first kappa shape index (κ1) is 19.8. The summed E-state index contributed by atoms with van der Waals surface area (Å²) in [6, 6.07) is 7.33. The fraction of sp³-hybridized carbons (Fsp3) is 0.211. The summed E-state index contributed by atoms with van der Waals surface area (Å²) in [6.45, 7) is 8.08. The Morgan fingerprint density at radius 3 is 2.79 bits per heavy atom. The monoisotopic (exact) mass is 393 g/mol. The van der Waals surface area contributed by atoms with Crippen LogP contribution in [0.15, 0.2) is 58.7 Å². The third-order valence-electron chi connectivity index (χ3n) is 4.21. The van der Waals surface area contributed by atoms with Crippen molar-refractivity contribution in [2.75, 3.05) is 13.6 Å². The van der Waals surface area contributed by atoms with Crippen LogP contribution in [0.5, 0.6) is 0 Å². The SMILES string of the molecule is C=C(/N=C1\C(=C(/N)c2ccccc2C)N=C(c2nc[nH]n2)N1C)NC(=O)NCC. The minimum absolute atomic E-state index is 0.152. The Balaban J connectivity index is 2.07. The van der Waals surface area contributed by atoms with Crippen LogP contribution in [-0.4, -0.2) is 51.4 Å². The van der Waals surface area contributed by atoms with Gasteiger partial charge in [0.15, 0.2) is 11.7 Å². The van der Waals surface area contributed by atoms with Crippen LogP contribution in [-0.2, 0) is 0 Å². The summed E-state index contributed by atoms with van der Waals surface area (Å²) in [4.78, 5) is 26.7. The quantitative estimate of drug-likeness (QED) is 0.607. The second-order valence-corrected chi connectivity index (χ2v) is 6.26. The van der Waals surface area contributed by atoms with Gasteiger partial charge in [0.1, 0.15) is 17.8 Å². The van der Waals surface area contributed by atoms with Crippen molar-refractivity contribution in [2.45, 2.75) is 13.8 Å². The molecule has 10 heteroatoms. The third kappa shape index (κ3) is 4.15.